The van der Waals surface area contributed by atoms with Gasteiger partial charge >= 0.3 is 0 Å². The van der Waals surface area contributed by atoms with Gasteiger partial charge in [-0.05, 0) is 23.6 Å². The van der Waals surface area contributed by atoms with E-state index in [1.807, 2.05) is 54.1 Å². The van der Waals surface area contributed by atoms with Crippen molar-refractivity contribution in [2.24, 2.45) is 7.05 Å². The Morgan fingerprint density at radius 1 is 1.17 bits per heavy atom. The predicted octanol–water partition coefficient (Wildman–Crippen LogP) is 3.82. The molecule has 4 rings (SSSR count). The number of thioether (sulfide) groups is 1. The number of aromatic nitrogens is 3. The Hall–Kier alpha value is -2.14. The maximum atomic E-state index is 12.6. The van der Waals surface area contributed by atoms with Gasteiger partial charge in [-0.15, -0.1) is 10.2 Å². The first-order valence-electron chi connectivity index (χ1n) is 7.77. The van der Waals surface area contributed by atoms with Gasteiger partial charge in [-0.25, -0.2) is 0 Å². The predicted molar refractivity (Wildman–Crippen MR) is 92.0 cm³/mol. The zero-order chi connectivity index (χ0) is 15.8. The zero-order valence-corrected chi connectivity index (χ0v) is 13.7. The molecule has 0 N–H and O–H groups in total. The second kappa shape index (κ2) is 5.81. The van der Waals surface area contributed by atoms with Crippen molar-refractivity contribution < 1.29 is 4.79 Å². The molecular weight excluding hydrogens is 306 g/mol. The normalized spacial score (nSPS) is 14.3. The third-order valence-corrected chi connectivity index (χ3v) is 5.25. The third-order valence-electron chi connectivity index (χ3n) is 4.23. The van der Waals surface area contributed by atoms with Crippen molar-refractivity contribution in [3.05, 3.63) is 53.9 Å². The largest absolute Gasteiger partial charge is 0.309 e. The lowest BCUT2D eigenvalue weighted by atomic mass is 10.0. The summed E-state index contributed by atoms with van der Waals surface area (Å²) in [4.78, 5) is 12.6. The Labute approximate surface area is 138 Å². The van der Waals surface area contributed by atoms with Crippen LogP contribution in [0.1, 0.15) is 34.9 Å². The molecule has 1 aliphatic carbocycles. The summed E-state index contributed by atoms with van der Waals surface area (Å²) < 4.78 is 2.03. The molecule has 0 aliphatic heterocycles. The maximum absolute atomic E-state index is 12.6. The van der Waals surface area contributed by atoms with Crippen LogP contribution < -0.4 is 0 Å². The molecule has 1 heterocycles. The van der Waals surface area contributed by atoms with E-state index in [-0.39, 0.29) is 5.78 Å². The molecule has 1 aliphatic rings. The lowest BCUT2D eigenvalue weighted by Gasteiger charge is -2.06. The number of benzene rings is 2. The van der Waals surface area contributed by atoms with Crippen molar-refractivity contribution in [2.75, 3.05) is 5.75 Å². The highest BCUT2D eigenvalue weighted by atomic mass is 32.2. The summed E-state index contributed by atoms with van der Waals surface area (Å²) in [7, 11) is 1.98. The number of rotatable bonds is 5. The lowest BCUT2D eigenvalue weighted by Crippen LogP contribution is -2.05. The van der Waals surface area contributed by atoms with E-state index in [0.29, 0.717) is 11.7 Å². The van der Waals surface area contributed by atoms with Crippen LogP contribution in [0, 0.1) is 0 Å². The quantitative estimate of drug-likeness (QED) is 0.529. The molecule has 23 heavy (non-hydrogen) atoms. The molecule has 0 bridgehead atoms. The van der Waals surface area contributed by atoms with Crippen LogP contribution in [0.5, 0.6) is 0 Å². The van der Waals surface area contributed by atoms with E-state index in [0.717, 1.165) is 27.3 Å². The van der Waals surface area contributed by atoms with Gasteiger partial charge in [0.05, 0.1) is 5.75 Å². The Bertz CT molecular complexity index is 878. The van der Waals surface area contributed by atoms with Gasteiger partial charge in [0.25, 0.3) is 0 Å². The molecule has 0 spiro atoms. The second-order valence-corrected chi connectivity index (χ2v) is 6.86. The average Bonchev–Trinajstić information content (AvgIpc) is 3.36. The van der Waals surface area contributed by atoms with Crippen molar-refractivity contribution in [1.29, 1.82) is 0 Å². The van der Waals surface area contributed by atoms with Gasteiger partial charge < -0.3 is 4.57 Å². The number of fused-ring (bicyclic) bond motifs is 1. The first-order chi connectivity index (χ1) is 11.2. The summed E-state index contributed by atoms with van der Waals surface area (Å²) >= 11 is 1.46. The first kappa shape index (κ1) is 14.5. The van der Waals surface area contributed by atoms with E-state index >= 15 is 0 Å². The fourth-order valence-electron chi connectivity index (χ4n) is 2.83. The Balaban J connectivity index is 1.53. The molecule has 0 unspecified atom stereocenters. The van der Waals surface area contributed by atoms with Crippen molar-refractivity contribution in [1.82, 2.24) is 14.8 Å². The molecule has 2 aromatic carbocycles. The van der Waals surface area contributed by atoms with Gasteiger partial charge in [0, 0.05) is 18.5 Å². The van der Waals surface area contributed by atoms with Crippen LogP contribution in [-0.2, 0) is 7.05 Å². The Kier molecular flexibility index (Phi) is 3.65. The summed E-state index contributed by atoms with van der Waals surface area (Å²) in [5, 5.41) is 11.4. The van der Waals surface area contributed by atoms with Crippen molar-refractivity contribution in [3.63, 3.8) is 0 Å². The average molecular weight is 323 g/mol. The molecule has 5 heteroatoms. The topological polar surface area (TPSA) is 47.8 Å². The van der Waals surface area contributed by atoms with Crippen molar-refractivity contribution in [2.45, 2.75) is 23.9 Å². The van der Waals surface area contributed by atoms with Crippen LogP contribution in [0.2, 0.25) is 0 Å². The van der Waals surface area contributed by atoms with Crippen LogP contribution in [0.3, 0.4) is 0 Å². The smallest absolute Gasteiger partial charge is 0.191 e. The van der Waals surface area contributed by atoms with E-state index in [2.05, 4.69) is 10.2 Å². The van der Waals surface area contributed by atoms with Crippen LogP contribution >= 0.6 is 11.8 Å². The molecule has 1 saturated carbocycles. The van der Waals surface area contributed by atoms with Crippen LogP contribution in [0.4, 0.5) is 0 Å². The second-order valence-electron chi connectivity index (χ2n) is 5.91. The van der Waals surface area contributed by atoms with Gasteiger partial charge in [0.15, 0.2) is 10.9 Å². The van der Waals surface area contributed by atoms with E-state index in [9.17, 15) is 4.79 Å². The SMILES string of the molecule is Cn1c(SCC(=O)c2cccc3ccccc23)nnc1C1CC1. The fraction of sp³-hybridized carbons (Fsp3) is 0.278. The van der Waals surface area contributed by atoms with E-state index < -0.39 is 0 Å². The summed E-state index contributed by atoms with van der Waals surface area (Å²) in [5.41, 5.74) is 0.778. The van der Waals surface area contributed by atoms with Gasteiger partial charge in [0.2, 0.25) is 0 Å². The summed E-state index contributed by atoms with van der Waals surface area (Å²) in [6, 6.07) is 13.9. The Morgan fingerprint density at radius 2 is 1.96 bits per heavy atom. The highest BCUT2D eigenvalue weighted by Gasteiger charge is 2.29. The maximum Gasteiger partial charge on any atom is 0.191 e. The minimum atomic E-state index is 0.128. The fourth-order valence-corrected chi connectivity index (χ4v) is 3.63. The molecular formula is C18H17N3OS. The monoisotopic (exact) mass is 323 g/mol. The van der Waals surface area contributed by atoms with Gasteiger partial charge in [-0.1, -0.05) is 54.2 Å². The standard InChI is InChI=1S/C18H17N3OS/c1-21-17(13-9-10-13)19-20-18(21)23-11-16(22)15-8-4-6-12-5-2-3-7-14(12)15/h2-8,13H,9-11H2,1H3. The van der Waals surface area contributed by atoms with Crippen LogP contribution in [-0.4, -0.2) is 26.3 Å². The number of Topliss-reactive ketones (excluding diaryl/α,β-unsaturated/α-hetero) is 1. The highest BCUT2D eigenvalue weighted by Crippen LogP contribution is 2.39. The molecule has 0 atom stereocenters. The molecule has 1 fully saturated rings. The number of carbonyl (C=O) groups is 1. The van der Waals surface area contributed by atoms with Crippen LogP contribution in [0.25, 0.3) is 10.8 Å². The number of nitrogens with zero attached hydrogens (tertiary/aromatic N) is 3. The molecule has 116 valence electrons. The van der Waals surface area contributed by atoms with Gasteiger partial charge in [-0.2, -0.15) is 0 Å². The van der Waals surface area contributed by atoms with E-state index in [1.165, 1.54) is 24.6 Å². The van der Waals surface area contributed by atoms with E-state index in [1.54, 1.807) is 0 Å². The van der Waals surface area contributed by atoms with Gasteiger partial charge in [-0.3, -0.25) is 4.79 Å². The zero-order valence-electron chi connectivity index (χ0n) is 12.9. The molecule has 0 saturated heterocycles. The van der Waals surface area contributed by atoms with E-state index in [4.69, 9.17) is 0 Å². The lowest BCUT2D eigenvalue weighted by molar-refractivity contribution is 0.102. The highest BCUT2D eigenvalue weighted by molar-refractivity contribution is 7.99. The summed E-state index contributed by atoms with van der Waals surface area (Å²) in [5.74, 6) is 2.12. The minimum absolute atomic E-state index is 0.128. The van der Waals surface area contributed by atoms with Gasteiger partial charge in [0.1, 0.15) is 5.82 Å². The Morgan fingerprint density at radius 3 is 2.78 bits per heavy atom. The van der Waals surface area contributed by atoms with Crippen LogP contribution in [0.15, 0.2) is 47.6 Å². The minimum Gasteiger partial charge on any atom is -0.309 e. The molecule has 1 aromatic heterocycles. The number of hydrogen-bond acceptors (Lipinski definition) is 4. The summed E-state index contributed by atoms with van der Waals surface area (Å²) in [6.07, 6.45) is 2.40. The number of hydrogen-bond donors (Lipinski definition) is 0. The molecule has 0 radical (unpaired) electrons. The molecule has 4 nitrogen and oxygen atoms in total. The number of carbonyl (C=O) groups excluding carboxylic acids is 1. The first-order valence-corrected chi connectivity index (χ1v) is 8.75. The third kappa shape index (κ3) is 2.77. The molecule has 3 aromatic rings. The van der Waals surface area contributed by atoms with Crippen molar-refractivity contribution in [3.8, 4) is 0 Å². The van der Waals surface area contributed by atoms with Crippen molar-refractivity contribution >= 4 is 28.3 Å². The number of ketones is 1. The molecule has 0 amide bonds. The summed E-state index contributed by atoms with van der Waals surface area (Å²) in [6.45, 7) is 0.